The molecule has 0 aliphatic heterocycles. The van der Waals surface area contributed by atoms with Crippen LogP contribution in [0, 0.1) is 12.8 Å². The van der Waals surface area contributed by atoms with E-state index < -0.39 is 16.1 Å². The van der Waals surface area contributed by atoms with Crippen molar-refractivity contribution in [2.24, 2.45) is 5.92 Å². The van der Waals surface area contributed by atoms with Gasteiger partial charge in [-0.3, -0.25) is 4.79 Å². The minimum Gasteiger partial charge on any atom is -0.351 e. The summed E-state index contributed by atoms with van der Waals surface area (Å²) >= 11 is 0. The lowest BCUT2D eigenvalue weighted by molar-refractivity contribution is -0.122. The summed E-state index contributed by atoms with van der Waals surface area (Å²) in [5.74, 6) is -0.163. The molecule has 1 aromatic carbocycles. The molecule has 0 saturated carbocycles. The Bertz CT molecular complexity index is 607. The maximum Gasteiger partial charge on any atom is 0.241 e. The lowest BCUT2D eigenvalue weighted by Crippen LogP contribution is -2.47. The van der Waals surface area contributed by atoms with Crippen LogP contribution < -0.4 is 10.0 Å². The lowest BCUT2D eigenvalue weighted by atomic mass is 10.0. The molecule has 1 atom stereocenters. The lowest BCUT2D eigenvalue weighted by Gasteiger charge is -2.20. The number of carbonyl (C=O) groups is 1. The molecule has 1 rings (SSSR count). The van der Waals surface area contributed by atoms with Gasteiger partial charge in [0.25, 0.3) is 0 Å². The maximum absolute atomic E-state index is 12.4. The van der Waals surface area contributed by atoms with E-state index in [9.17, 15) is 13.2 Å². The molecule has 5 nitrogen and oxygen atoms in total. The molecule has 122 valence electrons. The summed E-state index contributed by atoms with van der Waals surface area (Å²) in [7, 11) is -3.73. The molecule has 2 N–H and O–H groups in total. The second-order valence-electron chi connectivity index (χ2n) is 5.65. The van der Waals surface area contributed by atoms with Crippen LogP contribution in [0.15, 0.2) is 41.8 Å². The molecular formula is C16H24N2O3S. The van der Waals surface area contributed by atoms with Crippen LogP contribution in [-0.4, -0.2) is 26.9 Å². The van der Waals surface area contributed by atoms with Crippen LogP contribution in [0.4, 0.5) is 0 Å². The number of hydrogen-bond donors (Lipinski definition) is 2. The highest BCUT2D eigenvalue weighted by atomic mass is 32.2. The van der Waals surface area contributed by atoms with Crippen molar-refractivity contribution in [3.63, 3.8) is 0 Å². The molecule has 1 amide bonds. The van der Waals surface area contributed by atoms with Crippen LogP contribution in [0.1, 0.15) is 25.8 Å². The quantitative estimate of drug-likeness (QED) is 0.718. The smallest absolute Gasteiger partial charge is 0.241 e. The number of benzene rings is 1. The Hall–Kier alpha value is -1.66. The Labute approximate surface area is 132 Å². The van der Waals surface area contributed by atoms with Crippen molar-refractivity contribution in [3.8, 4) is 0 Å². The van der Waals surface area contributed by atoms with Crippen molar-refractivity contribution in [2.45, 2.75) is 38.1 Å². The predicted molar refractivity (Wildman–Crippen MR) is 88.0 cm³/mol. The van der Waals surface area contributed by atoms with E-state index in [0.717, 1.165) is 5.56 Å². The molecule has 1 aromatic rings. The Morgan fingerprint density at radius 1 is 1.27 bits per heavy atom. The third kappa shape index (κ3) is 5.61. The van der Waals surface area contributed by atoms with Crippen LogP contribution in [0.3, 0.4) is 0 Å². The first-order valence-electron chi connectivity index (χ1n) is 7.24. The van der Waals surface area contributed by atoms with Crippen molar-refractivity contribution >= 4 is 15.9 Å². The summed E-state index contributed by atoms with van der Waals surface area (Å²) in [5.41, 5.74) is 0.974. The number of carbonyl (C=O) groups excluding carboxylic acids is 1. The van der Waals surface area contributed by atoms with Crippen molar-refractivity contribution in [2.75, 3.05) is 6.54 Å². The molecule has 0 saturated heterocycles. The second-order valence-corrected chi connectivity index (χ2v) is 7.36. The predicted octanol–water partition coefficient (Wildman–Crippen LogP) is 1.99. The van der Waals surface area contributed by atoms with Gasteiger partial charge >= 0.3 is 0 Å². The van der Waals surface area contributed by atoms with Gasteiger partial charge in [-0.15, -0.1) is 6.58 Å². The summed E-state index contributed by atoms with van der Waals surface area (Å²) < 4.78 is 27.3. The van der Waals surface area contributed by atoms with Crippen LogP contribution in [-0.2, 0) is 14.8 Å². The van der Waals surface area contributed by atoms with Crippen LogP contribution in [0.5, 0.6) is 0 Å². The third-order valence-electron chi connectivity index (χ3n) is 3.07. The number of aryl methyl sites for hydroxylation is 1. The normalized spacial score (nSPS) is 12.9. The zero-order valence-corrected chi connectivity index (χ0v) is 14.1. The molecule has 0 radical (unpaired) electrons. The summed E-state index contributed by atoms with van der Waals surface area (Å²) in [6.45, 7) is 9.60. The summed E-state index contributed by atoms with van der Waals surface area (Å²) in [4.78, 5) is 12.3. The largest absolute Gasteiger partial charge is 0.351 e. The van der Waals surface area contributed by atoms with E-state index in [1.54, 1.807) is 18.2 Å². The minimum absolute atomic E-state index is 0.156. The van der Waals surface area contributed by atoms with Gasteiger partial charge < -0.3 is 5.32 Å². The number of amides is 1. The Morgan fingerprint density at radius 3 is 2.36 bits per heavy atom. The van der Waals surface area contributed by atoms with Gasteiger partial charge in [-0.1, -0.05) is 37.6 Å². The fraction of sp³-hybridized carbons (Fsp3) is 0.438. The first kappa shape index (κ1) is 18.4. The second kappa shape index (κ2) is 8.10. The summed E-state index contributed by atoms with van der Waals surface area (Å²) in [6, 6.07) is 5.72. The molecule has 0 spiro atoms. The van der Waals surface area contributed by atoms with E-state index >= 15 is 0 Å². The van der Waals surface area contributed by atoms with E-state index in [4.69, 9.17) is 0 Å². The highest BCUT2D eigenvalue weighted by Gasteiger charge is 2.26. The van der Waals surface area contributed by atoms with Gasteiger partial charge in [0.15, 0.2) is 0 Å². The molecule has 0 bridgehead atoms. The van der Waals surface area contributed by atoms with Gasteiger partial charge in [-0.25, -0.2) is 8.42 Å². The van der Waals surface area contributed by atoms with Gasteiger partial charge in [0, 0.05) is 6.54 Å². The number of sulfonamides is 1. The van der Waals surface area contributed by atoms with Crippen LogP contribution >= 0.6 is 0 Å². The summed E-state index contributed by atoms with van der Waals surface area (Å²) in [5, 5.41) is 2.64. The molecule has 0 fully saturated rings. The van der Waals surface area contributed by atoms with Gasteiger partial charge in [-0.05, 0) is 31.4 Å². The monoisotopic (exact) mass is 324 g/mol. The minimum atomic E-state index is -3.73. The number of nitrogens with one attached hydrogen (secondary N) is 2. The molecule has 0 aliphatic rings. The number of rotatable bonds is 8. The molecule has 1 unspecified atom stereocenters. The average Bonchev–Trinajstić information content (AvgIpc) is 2.43. The van der Waals surface area contributed by atoms with E-state index in [1.165, 1.54) is 12.1 Å². The fourth-order valence-corrected chi connectivity index (χ4v) is 3.16. The zero-order valence-electron chi connectivity index (χ0n) is 13.3. The highest BCUT2D eigenvalue weighted by Crippen LogP contribution is 2.13. The van der Waals surface area contributed by atoms with Crippen molar-refractivity contribution in [1.29, 1.82) is 0 Å². The Morgan fingerprint density at radius 2 is 1.86 bits per heavy atom. The molecule has 6 heteroatoms. The van der Waals surface area contributed by atoms with Crippen LogP contribution in [0.25, 0.3) is 0 Å². The Balaban J connectivity index is 2.93. The van der Waals surface area contributed by atoms with Crippen molar-refractivity contribution < 1.29 is 13.2 Å². The van der Waals surface area contributed by atoms with Crippen LogP contribution in [0.2, 0.25) is 0 Å². The van der Waals surface area contributed by atoms with Gasteiger partial charge in [0.05, 0.1) is 4.90 Å². The van der Waals surface area contributed by atoms with Gasteiger partial charge in [0.2, 0.25) is 15.9 Å². The first-order chi connectivity index (χ1) is 10.3. The standard InChI is InChI=1S/C16H24N2O3S/c1-5-10-17-16(19)15(11-12(2)3)18-22(20,21)14-8-6-13(4)7-9-14/h5-9,12,15,18H,1,10-11H2,2-4H3,(H,17,19). The third-order valence-corrected chi connectivity index (χ3v) is 4.56. The SMILES string of the molecule is C=CCNC(=O)C(CC(C)C)NS(=O)(=O)c1ccc(C)cc1. The summed E-state index contributed by atoms with van der Waals surface area (Å²) in [6.07, 6.45) is 1.98. The van der Waals surface area contributed by atoms with E-state index in [-0.39, 0.29) is 16.7 Å². The van der Waals surface area contributed by atoms with Crippen molar-refractivity contribution in [3.05, 3.63) is 42.5 Å². The first-order valence-corrected chi connectivity index (χ1v) is 8.72. The highest BCUT2D eigenvalue weighted by molar-refractivity contribution is 7.89. The van der Waals surface area contributed by atoms with E-state index in [0.29, 0.717) is 13.0 Å². The molecule has 22 heavy (non-hydrogen) atoms. The maximum atomic E-state index is 12.4. The average molecular weight is 324 g/mol. The number of hydrogen-bond acceptors (Lipinski definition) is 3. The molecule has 0 aromatic heterocycles. The van der Waals surface area contributed by atoms with E-state index in [1.807, 2.05) is 20.8 Å². The molecule has 0 heterocycles. The fourth-order valence-electron chi connectivity index (χ4n) is 1.95. The van der Waals surface area contributed by atoms with Gasteiger partial charge in [0.1, 0.15) is 6.04 Å². The topological polar surface area (TPSA) is 75.3 Å². The Kier molecular flexibility index (Phi) is 6.77. The van der Waals surface area contributed by atoms with Crippen molar-refractivity contribution in [1.82, 2.24) is 10.0 Å². The molecule has 0 aliphatic carbocycles. The zero-order chi connectivity index (χ0) is 16.8. The van der Waals surface area contributed by atoms with Gasteiger partial charge in [-0.2, -0.15) is 4.72 Å². The van der Waals surface area contributed by atoms with E-state index in [2.05, 4.69) is 16.6 Å². The molecular weight excluding hydrogens is 300 g/mol.